The molecule has 0 heterocycles. The summed E-state index contributed by atoms with van der Waals surface area (Å²) in [7, 11) is 0. The van der Waals surface area contributed by atoms with E-state index in [9.17, 15) is 15.2 Å². The minimum absolute atomic E-state index is 0.0419. The molecule has 0 unspecified atom stereocenters. The van der Waals surface area contributed by atoms with Crippen molar-refractivity contribution >= 4 is 33.6 Å². The van der Waals surface area contributed by atoms with Crippen LogP contribution in [0.4, 0.5) is 5.69 Å². The number of carbonyl (C=O) groups excluding carboxylic acids is 1. The van der Waals surface area contributed by atoms with Crippen LogP contribution in [0.3, 0.4) is 0 Å². The molecule has 0 aliphatic rings. The van der Waals surface area contributed by atoms with Crippen LogP contribution in [-0.2, 0) is 4.79 Å². The number of phenolic OH excluding ortho intramolecular Hbond substituents is 1. The van der Waals surface area contributed by atoms with Crippen molar-refractivity contribution in [2.45, 2.75) is 0 Å². The first-order valence-corrected chi connectivity index (χ1v) is 8.08. The maximum absolute atomic E-state index is 12.2. The number of hydrogen-bond donors (Lipinski definition) is 2. The van der Waals surface area contributed by atoms with E-state index in [1.54, 1.807) is 36.4 Å². The van der Waals surface area contributed by atoms with Gasteiger partial charge in [-0.15, -0.1) is 0 Å². The molecule has 2 N–H and O–H groups in total. The molecule has 0 atom stereocenters. The topological polar surface area (TPSA) is 82.3 Å². The third-order valence-corrected chi connectivity index (χ3v) is 3.73. The van der Waals surface area contributed by atoms with Crippen LogP contribution >= 0.6 is 15.9 Å². The molecule has 126 valence electrons. The monoisotopic (exact) mass is 398 g/mol. The molecular weight excluding hydrogens is 384 g/mol. The van der Waals surface area contributed by atoms with Gasteiger partial charge in [0.2, 0.25) is 0 Å². The average molecular weight is 399 g/mol. The van der Waals surface area contributed by atoms with E-state index in [0.717, 1.165) is 0 Å². The summed E-state index contributed by atoms with van der Waals surface area (Å²) < 4.78 is 6.17. The van der Waals surface area contributed by atoms with Gasteiger partial charge in [0.05, 0.1) is 4.47 Å². The lowest BCUT2D eigenvalue weighted by Gasteiger charge is -2.07. The first kappa shape index (κ1) is 18.3. The Balaban J connectivity index is 2.17. The minimum atomic E-state index is -0.531. The van der Waals surface area contributed by atoms with Gasteiger partial charge in [0.25, 0.3) is 5.91 Å². The molecule has 0 saturated heterocycles. The number of aromatic hydroxyl groups is 1. The SMILES string of the molecule is C=CCOc1ccc(C=C(C#N)C(=O)Nc2ccc(O)cc2)cc1Br. The van der Waals surface area contributed by atoms with Gasteiger partial charge in [-0.1, -0.05) is 18.7 Å². The number of nitrogens with zero attached hydrogens (tertiary/aromatic N) is 1. The van der Waals surface area contributed by atoms with Crippen LogP contribution < -0.4 is 10.1 Å². The highest BCUT2D eigenvalue weighted by Crippen LogP contribution is 2.27. The number of benzene rings is 2. The number of anilines is 1. The van der Waals surface area contributed by atoms with Crippen molar-refractivity contribution in [3.05, 3.63) is 70.7 Å². The second-order valence-corrected chi connectivity index (χ2v) is 5.81. The number of rotatable bonds is 6. The van der Waals surface area contributed by atoms with E-state index in [4.69, 9.17) is 4.74 Å². The Labute approximate surface area is 154 Å². The number of halogens is 1. The van der Waals surface area contributed by atoms with Gasteiger partial charge in [0, 0.05) is 5.69 Å². The first-order chi connectivity index (χ1) is 12.0. The molecule has 0 radical (unpaired) electrons. The summed E-state index contributed by atoms with van der Waals surface area (Å²) in [5.41, 5.74) is 1.12. The highest BCUT2D eigenvalue weighted by molar-refractivity contribution is 9.10. The number of amides is 1. The Morgan fingerprint density at radius 2 is 2.04 bits per heavy atom. The summed E-state index contributed by atoms with van der Waals surface area (Å²) in [4.78, 5) is 12.2. The Morgan fingerprint density at radius 3 is 2.64 bits per heavy atom. The Bertz CT molecular complexity index is 852. The predicted octanol–water partition coefficient (Wildman–Crippen LogP) is 4.27. The Hall–Kier alpha value is -3.04. The van der Waals surface area contributed by atoms with E-state index in [-0.39, 0.29) is 11.3 Å². The predicted molar refractivity (Wildman–Crippen MR) is 100 cm³/mol. The van der Waals surface area contributed by atoms with Crippen molar-refractivity contribution in [3.8, 4) is 17.6 Å². The van der Waals surface area contributed by atoms with Gasteiger partial charge in [-0.25, -0.2) is 0 Å². The molecule has 0 aliphatic carbocycles. The second kappa shape index (κ2) is 8.71. The molecule has 2 rings (SSSR count). The molecule has 2 aromatic carbocycles. The summed E-state index contributed by atoms with van der Waals surface area (Å²) in [5, 5.41) is 21.1. The van der Waals surface area contributed by atoms with E-state index >= 15 is 0 Å². The largest absolute Gasteiger partial charge is 0.508 e. The molecule has 2 aromatic rings. The number of hydrogen-bond acceptors (Lipinski definition) is 4. The molecule has 5 nitrogen and oxygen atoms in total. The lowest BCUT2D eigenvalue weighted by atomic mass is 10.1. The fourth-order valence-electron chi connectivity index (χ4n) is 1.93. The van der Waals surface area contributed by atoms with Gasteiger partial charge in [-0.2, -0.15) is 5.26 Å². The Morgan fingerprint density at radius 1 is 1.32 bits per heavy atom. The van der Waals surface area contributed by atoms with Crippen LogP contribution in [-0.4, -0.2) is 17.6 Å². The summed E-state index contributed by atoms with van der Waals surface area (Å²) in [5.74, 6) is 0.207. The van der Waals surface area contributed by atoms with Gasteiger partial charge >= 0.3 is 0 Å². The van der Waals surface area contributed by atoms with Crippen molar-refractivity contribution in [2.24, 2.45) is 0 Å². The van der Waals surface area contributed by atoms with Crippen molar-refractivity contribution in [1.29, 1.82) is 5.26 Å². The zero-order valence-electron chi connectivity index (χ0n) is 13.2. The molecule has 6 heteroatoms. The number of nitrogens with one attached hydrogen (secondary N) is 1. The van der Waals surface area contributed by atoms with Gasteiger partial charge in [0.1, 0.15) is 29.7 Å². The van der Waals surface area contributed by atoms with Crippen molar-refractivity contribution < 1.29 is 14.6 Å². The van der Waals surface area contributed by atoms with Crippen molar-refractivity contribution in [3.63, 3.8) is 0 Å². The Kier molecular flexibility index (Phi) is 6.38. The zero-order chi connectivity index (χ0) is 18.2. The van der Waals surface area contributed by atoms with Crippen LogP contribution in [0.1, 0.15) is 5.56 Å². The van der Waals surface area contributed by atoms with E-state index in [0.29, 0.717) is 28.1 Å². The standard InChI is InChI=1S/C19H15BrN2O3/c1-2-9-25-18-8-3-13(11-17(18)20)10-14(12-21)19(24)22-15-4-6-16(23)7-5-15/h2-8,10-11,23H,1,9H2,(H,22,24). The fraction of sp³-hybridized carbons (Fsp3) is 0.0526. The van der Waals surface area contributed by atoms with Crippen LogP contribution in [0.15, 0.2) is 65.2 Å². The second-order valence-electron chi connectivity index (χ2n) is 4.96. The smallest absolute Gasteiger partial charge is 0.266 e. The third-order valence-electron chi connectivity index (χ3n) is 3.11. The molecule has 1 amide bonds. The van der Waals surface area contributed by atoms with Crippen LogP contribution in [0.5, 0.6) is 11.5 Å². The van der Waals surface area contributed by atoms with Crippen molar-refractivity contribution in [2.75, 3.05) is 11.9 Å². The molecular formula is C19H15BrN2O3. The van der Waals surface area contributed by atoms with E-state index < -0.39 is 5.91 Å². The van der Waals surface area contributed by atoms with Gasteiger partial charge in [-0.05, 0) is 64.0 Å². The molecule has 0 aromatic heterocycles. The van der Waals surface area contributed by atoms with Gasteiger partial charge < -0.3 is 15.2 Å². The minimum Gasteiger partial charge on any atom is -0.508 e. The maximum atomic E-state index is 12.2. The van der Waals surface area contributed by atoms with Crippen LogP contribution in [0, 0.1) is 11.3 Å². The number of carbonyl (C=O) groups is 1. The van der Waals surface area contributed by atoms with E-state index in [1.165, 1.54) is 18.2 Å². The normalized spacial score (nSPS) is 10.6. The van der Waals surface area contributed by atoms with E-state index in [2.05, 4.69) is 27.8 Å². The lowest BCUT2D eigenvalue weighted by molar-refractivity contribution is -0.112. The number of phenols is 1. The number of nitriles is 1. The van der Waals surface area contributed by atoms with Crippen LogP contribution in [0.25, 0.3) is 6.08 Å². The lowest BCUT2D eigenvalue weighted by Crippen LogP contribution is -2.13. The highest BCUT2D eigenvalue weighted by Gasteiger charge is 2.10. The van der Waals surface area contributed by atoms with Crippen LogP contribution in [0.2, 0.25) is 0 Å². The number of ether oxygens (including phenoxy) is 1. The average Bonchev–Trinajstić information content (AvgIpc) is 2.60. The first-order valence-electron chi connectivity index (χ1n) is 7.29. The van der Waals surface area contributed by atoms with Gasteiger partial charge in [-0.3, -0.25) is 4.79 Å². The van der Waals surface area contributed by atoms with Gasteiger partial charge in [0.15, 0.2) is 0 Å². The third kappa shape index (κ3) is 5.23. The molecule has 0 spiro atoms. The fourth-order valence-corrected chi connectivity index (χ4v) is 2.44. The highest BCUT2D eigenvalue weighted by atomic mass is 79.9. The molecule has 0 aliphatic heterocycles. The zero-order valence-corrected chi connectivity index (χ0v) is 14.8. The summed E-state index contributed by atoms with van der Waals surface area (Å²) in [6.07, 6.45) is 3.12. The molecule has 25 heavy (non-hydrogen) atoms. The molecule has 0 saturated carbocycles. The quantitative estimate of drug-likeness (QED) is 0.329. The molecule has 0 bridgehead atoms. The van der Waals surface area contributed by atoms with Crippen molar-refractivity contribution in [1.82, 2.24) is 0 Å². The summed E-state index contributed by atoms with van der Waals surface area (Å²) in [6, 6.07) is 13.1. The maximum Gasteiger partial charge on any atom is 0.266 e. The molecule has 0 fully saturated rings. The summed E-state index contributed by atoms with van der Waals surface area (Å²) in [6.45, 7) is 3.97. The summed E-state index contributed by atoms with van der Waals surface area (Å²) >= 11 is 3.39. The van der Waals surface area contributed by atoms with E-state index in [1.807, 2.05) is 6.07 Å².